The summed E-state index contributed by atoms with van der Waals surface area (Å²) in [6, 6.07) is 4.51. The van der Waals surface area contributed by atoms with Gasteiger partial charge in [0.25, 0.3) is 11.6 Å². The minimum atomic E-state index is -0.481. The highest BCUT2D eigenvalue weighted by Crippen LogP contribution is 2.34. The van der Waals surface area contributed by atoms with Gasteiger partial charge in [-0.2, -0.15) is 0 Å². The number of aryl methyl sites for hydroxylation is 1. The fourth-order valence-electron chi connectivity index (χ4n) is 2.63. The van der Waals surface area contributed by atoms with E-state index in [1.807, 2.05) is 0 Å². The van der Waals surface area contributed by atoms with Gasteiger partial charge in [-0.15, -0.1) is 10.2 Å². The molecule has 0 aliphatic carbocycles. The van der Waals surface area contributed by atoms with Gasteiger partial charge in [-0.05, 0) is 36.2 Å². The zero-order valence-electron chi connectivity index (χ0n) is 15.8. The van der Waals surface area contributed by atoms with E-state index >= 15 is 0 Å². The first-order chi connectivity index (χ1) is 13.0. The molecule has 1 unspecified atom stereocenters. The van der Waals surface area contributed by atoms with Crippen LogP contribution in [0.25, 0.3) is 0 Å². The molecule has 1 N–H and O–H groups in total. The highest BCUT2D eigenvalue weighted by atomic mass is 32.2. The van der Waals surface area contributed by atoms with Crippen LogP contribution in [0.5, 0.6) is 0 Å². The van der Waals surface area contributed by atoms with Gasteiger partial charge in [-0.25, -0.2) is 0 Å². The zero-order valence-corrected chi connectivity index (χ0v) is 16.7. The van der Waals surface area contributed by atoms with Crippen LogP contribution in [-0.4, -0.2) is 32.1 Å². The van der Waals surface area contributed by atoms with E-state index in [1.54, 1.807) is 23.7 Å². The lowest BCUT2D eigenvalue weighted by atomic mass is 9.99. The molecule has 1 heterocycles. The van der Waals surface area contributed by atoms with Crippen molar-refractivity contribution in [2.75, 3.05) is 6.54 Å². The van der Waals surface area contributed by atoms with Crippen molar-refractivity contribution < 1.29 is 9.72 Å². The minimum absolute atomic E-state index is 0.117. The van der Waals surface area contributed by atoms with Gasteiger partial charge < -0.3 is 9.88 Å². The average Bonchev–Trinajstić information content (AvgIpc) is 3.06. The number of unbranched alkanes of at least 4 members (excludes halogenated alkanes) is 1. The average molecular weight is 391 g/mol. The van der Waals surface area contributed by atoms with E-state index < -0.39 is 4.92 Å². The smallest absolute Gasteiger partial charge is 0.284 e. The number of hydrogen-bond acceptors (Lipinski definition) is 6. The van der Waals surface area contributed by atoms with Crippen molar-refractivity contribution in [1.82, 2.24) is 20.1 Å². The summed E-state index contributed by atoms with van der Waals surface area (Å²) in [6.07, 6.45) is 5.85. The lowest BCUT2D eigenvalue weighted by Gasteiger charge is -2.15. The second-order valence-electron chi connectivity index (χ2n) is 6.39. The predicted molar refractivity (Wildman–Crippen MR) is 104 cm³/mol. The molecule has 0 aliphatic rings. The molecule has 1 aromatic carbocycles. The molecule has 0 spiro atoms. The highest BCUT2D eigenvalue weighted by Gasteiger charge is 2.20. The maximum absolute atomic E-state index is 12.4. The first kappa shape index (κ1) is 20.9. The number of rotatable bonds is 10. The predicted octanol–water partition coefficient (Wildman–Crippen LogP) is 3.82. The molecule has 1 atom stereocenters. The Bertz CT molecular complexity index is 793. The van der Waals surface area contributed by atoms with E-state index in [1.165, 1.54) is 12.4 Å². The Morgan fingerprint density at radius 1 is 1.41 bits per heavy atom. The molecule has 0 saturated heterocycles. The largest absolute Gasteiger partial charge is 0.352 e. The molecule has 1 aromatic heterocycles. The molecule has 2 aromatic rings. The molecular weight excluding hydrogens is 366 g/mol. The number of carbonyl (C=O) groups is 1. The summed E-state index contributed by atoms with van der Waals surface area (Å²) >= 11 is 1.14. The summed E-state index contributed by atoms with van der Waals surface area (Å²) in [5, 5.41) is 22.6. The van der Waals surface area contributed by atoms with Crippen LogP contribution in [0.4, 0.5) is 5.69 Å². The van der Waals surface area contributed by atoms with Crippen molar-refractivity contribution in [2.45, 2.75) is 49.6 Å². The summed E-state index contributed by atoms with van der Waals surface area (Å²) in [5.74, 6) is 0.137. The van der Waals surface area contributed by atoms with Crippen molar-refractivity contribution in [3.8, 4) is 0 Å². The maximum Gasteiger partial charge on any atom is 0.284 e. The van der Waals surface area contributed by atoms with Crippen LogP contribution in [0.15, 0.2) is 34.6 Å². The Morgan fingerprint density at radius 3 is 2.78 bits per heavy atom. The number of nitrogens with zero attached hydrogens (tertiary/aromatic N) is 4. The van der Waals surface area contributed by atoms with Crippen molar-refractivity contribution in [1.29, 1.82) is 0 Å². The molecule has 0 fully saturated rings. The molecule has 1 amide bonds. The molecule has 0 saturated carbocycles. The van der Waals surface area contributed by atoms with Crippen molar-refractivity contribution in [3.63, 3.8) is 0 Å². The third-order valence-corrected chi connectivity index (χ3v) is 5.50. The molecular formula is C18H25N5O3S. The monoisotopic (exact) mass is 391 g/mol. The topological polar surface area (TPSA) is 103 Å². The fourth-order valence-corrected chi connectivity index (χ4v) is 3.48. The number of aromatic nitrogens is 3. The normalized spacial score (nSPS) is 12.0. The van der Waals surface area contributed by atoms with Crippen LogP contribution in [-0.2, 0) is 7.05 Å². The molecule has 9 heteroatoms. The number of nitro benzene ring substituents is 1. The number of hydrogen-bond donors (Lipinski definition) is 1. The quantitative estimate of drug-likeness (QED) is 0.488. The summed E-state index contributed by atoms with van der Waals surface area (Å²) in [4.78, 5) is 23.8. The van der Waals surface area contributed by atoms with Crippen LogP contribution < -0.4 is 5.32 Å². The summed E-state index contributed by atoms with van der Waals surface area (Å²) in [7, 11) is 1.76. The van der Waals surface area contributed by atoms with E-state index in [2.05, 4.69) is 29.4 Å². The van der Waals surface area contributed by atoms with Crippen LogP contribution >= 0.6 is 11.8 Å². The van der Waals surface area contributed by atoms with E-state index in [4.69, 9.17) is 0 Å². The Labute approximate surface area is 162 Å². The Morgan fingerprint density at radius 2 is 2.19 bits per heavy atom. The van der Waals surface area contributed by atoms with Crippen LogP contribution in [0.3, 0.4) is 0 Å². The number of amides is 1. The molecule has 27 heavy (non-hydrogen) atoms. The van der Waals surface area contributed by atoms with E-state index in [9.17, 15) is 14.9 Å². The van der Waals surface area contributed by atoms with Crippen molar-refractivity contribution >= 4 is 23.4 Å². The number of carbonyl (C=O) groups excluding carboxylic acids is 1. The lowest BCUT2D eigenvalue weighted by Crippen LogP contribution is -2.29. The SMILES string of the molecule is CCCCC(CC)CNC(=O)c1ccc(Sc2nncn2C)c([N+](=O)[O-])c1. The Hall–Kier alpha value is -2.42. The van der Waals surface area contributed by atoms with Crippen molar-refractivity contribution in [3.05, 3.63) is 40.2 Å². The van der Waals surface area contributed by atoms with Gasteiger partial charge in [0.2, 0.25) is 0 Å². The highest BCUT2D eigenvalue weighted by molar-refractivity contribution is 7.99. The second-order valence-corrected chi connectivity index (χ2v) is 7.40. The van der Waals surface area contributed by atoms with Gasteiger partial charge in [0.05, 0.1) is 9.82 Å². The van der Waals surface area contributed by atoms with Gasteiger partial charge in [0, 0.05) is 25.2 Å². The maximum atomic E-state index is 12.4. The standard InChI is InChI=1S/C18H25N5O3S/c1-4-6-7-13(5-2)11-19-17(24)14-8-9-16(15(10-14)23(25)26)27-18-21-20-12-22(18)3/h8-10,12-13H,4-7,11H2,1-3H3,(H,19,24). The first-order valence-electron chi connectivity index (χ1n) is 9.04. The third kappa shape index (κ3) is 5.78. The Kier molecular flexibility index (Phi) is 7.78. The van der Waals surface area contributed by atoms with Gasteiger partial charge in [0.15, 0.2) is 5.16 Å². The van der Waals surface area contributed by atoms with Gasteiger partial charge in [-0.3, -0.25) is 14.9 Å². The molecule has 0 bridgehead atoms. The van der Waals surface area contributed by atoms with Gasteiger partial charge in [-0.1, -0.05) is 33.1 Å². The van der Waals surface area contributed by atoms with Crippen LogP contribution in [0, 0.1) is 16.0 Å². The first-order valence-corrected chi connectivity index (χ1v) is 9.86. The van der Waals surface area contributed by atoms with E-state index in [0.717, 1.165) is 37.4 Å². The summed E-state index contributed by atoms with van der Waals surface area (Å²) in [5.41, 5.74) is 0.169. The number of nitrogens with one attached hydrogen (secondary N) is 1. The molecule has 2 rings (SSSR count). The number of benzene rings is 1. The van der Waals surface area contributed by atoms with Crippen LogP contribution in [0.1, 0.15) is 49.9 Å². The molecule has 0 radical (unpaired) electrons. The summed E-state index contributed by atoms with van der Waals surface area (Å²) in [6.45, 7) is 4.83. The minimum Gasteiger partial charge on any atom is -0.352 e. The lowest BCUT2D eigenvalue weighted by molar-refractivity contribution is -0.387. The zero-order chi connectivity index (χ0) is 19.8. The fraction of sp³-hybridized carbons (Fsp3) is 0.500. The van der Waals surface area contributed by atoms with Gasteiger partial charge in [0.1, 0.15) is 6.33 Å². The molecule has 0 aliphatic heterocycles. The molecule has 8 nitrogen and oxygen atoms in total. The van der Waals surface area contributed by atoms with Crippen molar-refractivity contribution in [2.24, 2.45) is 13.0 Å². The number of nitro groups is 1. The summed E-state index contributed by atoms with van der Waals surface area (Å²) < 4.78 is 1.68. The Balaban J connectivity index is 2.11. The second kappa shape index (κ2) is 10.1. The van der Waals surface area contributed by atoms with E-state index in [0.29, 0.717) is 22.5 Å². The third-order valence-electron chi connectivity index (χ3n) is 4.38. The molecule has 146 valence electrons. The van der Waals surface area contributed by atoms with Gasteiger partial charge >= 0.3 is 0 Å². The van der Waals surface area contributed by atoms with Crippen LogP contribution in [0.2, 0.25) is 0 Å². The van der Waals surface area contributed by atoms with E-state index in [-0.39, 0.29) is 17.2 Å².